The largest absolute Gasteiger partial charge is 0.457 e. The molecule has 2 aromatic rings. The molecule has 0 radical (unpaired) electrons. The lowest BCUT2D eigenvalue weighted by atomic mass is 10.1. The quantitative estimate of drug-likeness (QED) is 0.605. The van der Waals surface area contributed by atoms with Crippen molar-refractivity contribution in [1.82, 2.24) is 9.55 Å². The molecular weight excluding hydrogens is 300 g/mol. The summed E-state index contributed by atoms with van der Waals surface area (Å²) in [7, 11) is 0. The lowest BCUT2D eigenvalue weighted by Crippen LogP contribution is -2.10. The van der Waals surface area contributed by atoms with Crippen LogP contribution in [0.1, 0.15) is 48.8 Å². The highest BCUT2D eigenvalue weighted by Gasteiger charge is 2.24. The van der Waals surface area contributed by atoms with Crippen molar-refractivity contribution in [3.63, 3.8) is 0 Å². The van der Waals surface area contributed by atoms with Gasteiger partial charge in [-0.3, -0.25) is 0 Å². The summed E-state index contributed by atoms with van der Waals surface area (Å²) in [5, 5.41) is 0. The van der Waals surface area contributed by atoms with Crippen LogP contribution in [0, 0.1) is 0 Å². The molecule has 0 saturated heterocycles. The van der Waals surface area contributed by atoms with E-state index in [1.165, 1.54) is 6.42 Å². The molecule has 1 aliphatic rings. The normalized spacial score (nSPS) is 14.4. The van der Waals surface area contributed by atoms with Gasteiger partial charge in [-0.1, -0.05) is 55.8 Å². The zero-order valence-electron chi connectivity index (χ0n) is 14.2. The molecule has 126 valence electrons. The average molecular weight is 324 g/mol. The molecule has 0 spiro atoms. The molecule has 0 bridgehead atoms. The van der Waals surface area contributed by atoms with E-state index in [4.69, 9.17) is 4.74 Å². The maximum Gasteiger partial charge on any atom is 0.359 e. The van der Waals surface area contributed by atoms with Gasteiger partial charge in [0.25, 0.3) is 0 Å². The van der Waals surface area contributed by atoms with Gasteiger partial charge >= 0.3 is 5.97 Å². The van der Waals surface area contributed by atoms with Crippen molar-refractivity contribution in [1.29, 1.82) is 0 Å². The first-order valence-corrected chi connectivity index (χ1v) is 8.78. The number of fused-ring (bicyclic) bond motifs is 1. The van der Waals surface area contributed by atoms with Crippen LogP contribution >= 0.6 is 0 Å². The Labute approximate surface area is 143 Å². The summed E-state index contributed by atoms with van der Waals surface area (Å²) in [6, 6.07) is 10.1. The lowest BCUT2D eigenvalue weighted by Gasteiger charge is -2.08. The highest BCUT2D eigenvalue weighted by atomic mass is 16.5. The molecule has 24 heavy (non-hydrogen) atoms. The Balaban J connectivity index is 1.93. The predicted octanol–water partition coefficient (Wildman–Crippen LogP) is 4.40. The number of esters is 1. The Bertz CT molecular complexity index is 717. The minimum Gasteiger partial charge on any atom is -0.457 e. The maximum atomic E-state index is 12.5. The number of aromatic nitrogens is 2. The number of nitrogens with zero attached hydrogens (tertiary/aromatic N) is 2. The first-order chi connectivity index (χ1) is 11.8. The van der Waals surface area contributed by atoms with Crippen molar-refractivity contribution < 1.29 is 9.53 Å². The molecule has 0 fully saturated rings. The van der Waals surface area contributed by atoms with E-state index in [2.05, 4.69) is 16.5 Å². The Morgan fingerprint density at radius 3 is 2.83 bits per heavy atom. The molecule has 4 heteroatoms. The minimum atomic E-state index is -0.316. The smallest absolute Gasteiger partial charge is 0.359 e. The Morgan fingerprint density at radius 2 is 2.04 bits per heavy atom. The number of benzene rings is 1. The molecule has 0 N–H and O–H groups in total. The molecule has 0 amide bonds. The van der Waals surface area contributed by atoms with E-state index in [9.17, 15) is 4.79 Å². The summed E-state index contributed by atoms with van der Waals surface area (Å²) in [5.41, 5.74) is 2.56. The molecule has 2 heterocycles. The highest BCUT2D eigenvalue weighted by molar-refractivity contribution is 5.89. The minimum absolute atomic E-state index is 0.305. The molecule has 1 aromatic carbocycles. The average Bonchev–Trinajstić information content (AvgIpc) is 2.81. The van der Waals surface area contributed by atoms with Crippen LogP contribution in [0.25, 0.3) is 11.4 Å². The number of hydrogen-bond acceptors (Lipinski definition) is 3. The third-order valence-corrected chi connectivity index (χ3v) is 4.31. The number of imidazole rings is 1. The summed E-state index contributed by atoms with van der Waals surface area (Å²) in [6.07, 6.45) is 9.10. The monoisotopic (exact) mass is 324 g/mol. The van der Waals surface area contributed by atoms with Crippen molar-refractivity contribution in [2.45, 2.75) is 45.6 Å². The van der Waals surface area contributed by atoms with Crippen LogP contribution in [-0.2, 0) is 17.7 Å². The summed E-state index contributed by atoms with van der Waals surface area (Å²) in [4.78, 5) is 17.2. The van der Waals surface area contributed by atoms with Crippen LogP contribution in [0.3, 0.4) is 0 Å². The van der Waals surface area contributed by atoms with Gasteiger partial charge in [0, 0.05) is 12.1 Å². The van der Waals surface area contributed by atoms with Crippen LogP contribution in [0.4, 0.5) is 0 Å². The number of hydrogen-bond donors (Lipinski definition) is 0. The van der Waals surface area contributed by atoms with Gasteiger partial charge in [0.2, 0.25) is 0 Å². The van der Waals surface area contributed by atoms with Crippen molar-refractivity contribution >= 4 is 5.97 Å². The van der Waals surface area contributed by atoms with Gasteiger partial charge in [-0.25, -0.2) is 9.78 Å². The second-order valence-electron chi connectivity index (χ2n) is 6.04. The molecule has 0 saturated carbocycles. The van der Waals surface area contributed by atoms with Crippen molar-refractivity contribution in [2.75, 3.05) is 6.61 Å². The second-order valence-corrected chi connectivity index (χ2v) is 6.04. The van der Waals surface area contributed by atoms with E-state index in [0.717, 1.165) is 49.3 Å². The number of allylic oxidation sites excluding steroid dienone is 1. The first kappa shape index (κ1) is 16.5. The van der Waals surface area contributed by atoms with Gasteiger partial charge in [0.05, 0.1) is 5.69 Å². The molecule has 3 rings (SSSR count). The fraction of sp³-hybridized carbons (Fsp3) is 0.400. The van der Waals surface area contributed by atoms with Gasteiger partial charge in [-0.05, 0) is 25.7 Å². The van der Waals surface area contributed by atoms with Crippen LogP contribution in [0.5, 0.6) is 0 Å². The second kappa shape index (κ2) is 7.95. The maximum absolute atomic E-state index is 12.5. The molecule has 4 nitrogen and oxygen atoms in total. The van der Waals surface area contributed by atoms with Gasteiger partial charge in [-0.15, -0.1) is 0 Å². The zero-order valence-corrected chi connectivity index (χ0v) is 14.2. The van der Waals surface area contributed by atoms with Crippen LogP contribution < -0.4 is 0 Å². The Hall–Kier alpha value is -2.36. The van der Waals surface area contributed by atoms with Gasteiger partial charge in [-0.2, -0.15) is 0 Å². The van der Waals surface area contributed by atoms with E-state index in [0.29, 0.717) is 12.3 Å². The molecule has 1 aromatic heterocycles. The van der Waals surface area contributed by atoms with E-state index in [-0.39, 0.29) is 5.97 Å². The molecule has 0 unspecified atom stereocenters. The van der Waals surface area contributed by atoms with E-state index >= 15 is 0 Å². The fourth-order valence-corrected chi connectivity index (χ4v) is 3.12. The molecular formula is C20H24N2O2. The highest BCUT2D eigenvalue weighted by Crippen LogP contribution is 2.27. The third-order valence-electron chi connectivity index (χ3n) is 4.31. The van der Waals surface area contributed by atoms with Gasteiger partial charge in [0.15, 0.2) is 5.69 Å². The SMILES string of the molecule is CCC=CCOC(=O)c1nc(-c2ccccc2)n2c1CCCCC2. The summed E-state index contributed by atoms with van der Waals surface area (Å²) < 4.78 is 7.59. The van der Waals surface area contributed by atoms with Crippen molar-refractivity contribution in [3.05, 3.63) is 53.9 Å². The van der Waals surface area contributed by atoms with Gasteiger partial charge in [0.1, 0.15) is 12.4 Å². The Morgan fingerprint density at radius 1 is 1.21 bits per heavy atom. The van der Waals surface area contributed by atoms with Crippen LogP contribution in [0.2, 0.25) is 0 Å². The molecule has 0 aliphatic carbocycles. The predicted molar refractivity (Wildman–Crippen MR) is 94.9 cm³/mol. The van der Waals surface area contributed by atoms with Crippen molar-refractivity contribution in [2.24, 2.45) is 0 Å². The van der Waals surface area contributed by atoms with Crippen LogP contribution in [-0.4, -0.2) is 22.1 Å². The number of ether oxygens (including phenoxy) is 1. The summed E-state index contributed by atoms with van der Waals surface area (Å²) in [6.45, 7) is 3.27. The van der Waals surface area contributed by atoms with E-state index < -0.39 is 0 Å². The summed E-state index contributed by atoms with van der Waals surface area (Å²) in [5.74, 6) is 0.562. The number of carbonyl (C=O) groups excluding carboxylic acids is 1. The standard InChI is InChI=1S/C20H24N2O2/c1-2-3-10-15-24-20(23)18-17-13-8-5-9-14-22(17)19(21-18)16-11-6-4-7-12-16/h3-4,6-7,10-12H,2,5,8-9,13-15H2,1H3. The molecule has 1 aliphatic heterocycles. The number of rotatable bonds is 5. The van der Waals surface area contributed by atoms with E-state index in [1.54, 1.807) is 0 Å². The van der Waals surface area contributed by atoms with E-state index in [1.807, 2.05) is 42.5 Å². The van der Waals surface area contributed by atoms with Crippen molar-refractivity contribution in [3.8, 4) is 11.4 Å². The zero-order chi connectivity index (χ0) is 16.8. The third kappa shape index (κ3) is 3.58. The first-order valence-electron chi connectivity index (χ1n) is 8.78. The Kier molecular flexibility index (Phi) is 5.47. The number of carbonyl (C=O) groups is 1. The van der Waals surface area contributed by atoms with Crippen LogP contribution in [0.15, 0.2) is 42.5 Å². The fourth-order valence-electron chi connectivity index (χ4n) is 3.12. The van der Waals surface area contributed by atoms with Gasteiger partial charge < -0.3 is 9.30 Å². The molecule has 0 atom stereocenters. The summed E-state index contributed by atoms with van der Waals surface area (Å²) >= 11 is 0. The lowest BCUT2D eigenvalue weighted by molar-refractivity contribution is 0.0541. The topological polar surface area (TPSA) is 44.1 Å².